The molecule has 2 aromatic carbocycles. The van der Waals surface area contributed by atoms with Crippen LogP contribution in [0, 0.1) is 15.9 Å². The van der Waals surface area contributed by atoms with Crippen molar-refractivity contribution < 1.29 is 13.9 Å². The normalized spacial score (nSPS) is 11.0. The summed E-state index contributed by atoms with van der Waals surface area (Å²) in [6, 6.07) is 16.8. The molecule has 4 aromatic rings. The third-order valence-electron chi connectivity index (χ3n) is 4.87. The summed E-state index contributed by atoms with van der Waals surface area (Å²) in [6.45, 7) is 2.60. The highest BCUT2D eigenvalue weighted by molar-refractivity contribution is 14.1. The molecule has 0 fully saturated rings. The van der Waals surface area contributed by atoms with Crippen molar-refractivity contribution in [3.63, 3.8) is 0 Å². The van der Waals surface area contributed by atoms with Gasteiger partial charge in [0.15, 0.2) is 5.58 Å². The molecule has 0 aliphatic heterocycles. The maximum absolute atomic E-state index is 12.1. The van der Waals surface area contributed by atoms with Crippen LogP contribution in [0.5, 0.6) is 0 Å². The number of rotatable bonds is 5. The molecule has 4 rings (SSSR count). The average molecular weight is 577 g/mol. The van der Waals surface area contributed by atoms with Gasteiger partial charge in [0, 0.05) is 16.2 Å². The zero-order chi connectivity index (χ0) is 21.3. The van der Waals surface area contributed by atoms with Crippen molar-refractivity contribution in [3.05, 3.63) is 85.5 Å². The van der Waals surface area contributed by atoms with Crippen molar-refractivity contribution in [3.8, 4) is 11.3 Å². The molecule has 0 spiro atoms. The Morgan fingerprint density at radius 2 is 1.97 bits per heavy atom. The number of nitrogens with zero attached hydrogens (tertiary/aromatic N) is 1. The van der Waals surface area contributed by atoms with Crippen LogP contribution in [0.1, 0.15) is 15.9 Å². The summed E-state index contributed by atoms with van der Waals surface area (Å²) in [5.74, 6) is 0.359. The quantitative estimate of drug-likeness (QED) is 0.237. The van der Waals surface area contributed by atoms with Crippen LogP contribution in [0.2, 0.25) is 0 Å². The molecule has 0 amide bonds. The molecular formula is C23H18BrIN2O3. The van der Waals surface area contributed by atoms with Crippen LogP contribution in [0.25, 0.3) is 22.3 Å². The number of halogens is 2. The molecule has 152 valence electrons. The van der Waals surface area contributed by atoms with Crippen molar-refractivity contribution in [1.29, 1.82) is 5.41 Å². The van der Waals surface area contributed by atoms with Crippen molar-refractivity contribution in [1.82, 2.24) is 4.57 Å². The first-order chi connectivity index (χ1) is 14.5. The number of aromatic nitrogens is 1. The summed E-state index contributed by atoms with van der Waals surface area (Å²) in [4.78, 5) is 12.1. The summed E-state index contributed by atoms with van der Waals surface area (Å²) < 4.78 is 15.2. The van der Waals surface area contributed by atoms with Crippen molar-refractivity contribution in [2.24, 2.45) is 0 Å². The number of hydrogen-bond donors (Lipinski definition) is 1. The lowest BCUT2D eigenvalue weighted by Crippen LogP contribution is -2.23. The average Bonchev–Trinajstić information content (AvgIpc) is 3.20. The molecule has 0 atom stereocenters. The number of fused-ring (bicyclic) bond motifs is 1. The van der Waals surface area contributed by atoms with Gasteiger partial charge in [-0.1, -0.05) is 46.3 Å². The summed E-state index contributed by atoms with van der Waals surface area (Å²) >= 11 is 5.77. The molecule has 7 heteroatoms. The highest BCUT2D eigenvalue weighted by Gasteiger charge is 2.15. The molecule has 1 N–H and O–H groups in total. The minimum atomic E-state index is -0.366. The van der Waals surface area contributed by atoms with Crippen molar-refractivity contribution in [2.45, 2.75) is 13.5 Å². The van der Waals surface area contributed by atoms with Gasteiger partial charge in [0.05, 0.1) is 21.1 Å². The fraction of sp³-hybridized carbons (Fsp3) is 0.130. The summed E-state index contributed by atoms with van der Waals surface area (Å²) in [7, 11) is 0. The molecule has 0 unspecified atom stereocenters. The van der Waals surface area contributed by atoms with Crippen LogP contribution >= 0.6 is 38.5 Å². The van der Waals surface area contributed by atoms with E-state index in [2.05, 4.69) is 38.5 Å². The predicted molar refractivity (Wildman–Crippen MR) is 127 cm³/mol. The highest BCUT2D eigenvalue weighted by atomic mass is 127. The minimum absolute atomic E-state index is 0.182. The predicted octanol–water partition coefficient (Wildman–Crippen LogP) is 5.91. The number of hydrogen-bond acceptors (Lipinski definition) is 4. The van der Waals surface area contributed by atoms with Crippen LogP contribution in [-0.4, -0.2) is 17.1 Å². The lowest BCUT2D eigenvalue weighted by atomic mass is 10.1. The number of nitrogens with one attached hydrogen (secondary N) is 1. The van der Waals surface area contributed by atoms with E-state index in [1.807, 2.05) is 43.5 Å². The van der Waals surface area contributed by atoms with Crippen molar-refractivity contribution in [2.75, 3.05) is 6.61 Å². The Bertz CT molecular complexity index is 1300. The Kier molecular flexibility index (Phi) is 6.10. The maximum Gasteiger partial charge on any atom is 0.338 e. The first-order valence-corrected chi connectivity index (χ1v) is 11.2. The zero-order valence-corrected chi connectivity index (χ0v) is 19.9. The van der Waals surface area contributed by atoms with E-state index in [1.165, 1.54) is 0 Å². The van der Waals surface area contributed by atoms with Gasteiger partial charge in [-0.2, -0.15) is 0 Å². The smallest absolute Gasteiger partial charge is 0.338 e. The Morgan fingerprint density at radius 1 is 1.20 bits per heavy atom. The second kappa shape index (κ2) is 8.77. The van der Waals surface area contributed by atoms with Gasteiger partial charge in [-0.25, -0.2) is 4.79 Å². The van der Waals surface area contributed by atoms with E-state index in [4.69, 9.17) is 14.6 Å². The highest BCUT2D eigenvalue weighted by Crippen LogP contribution is 2.33. The standard InChI is InChI=1S/C23H18BrIN2O3/c1-14-16(8-5-9-18(14)24)20-12-17-21(30-20)19(25)13-27(22(17)26)10-11-29-23(28)15-6-3-2-4-7-15/h2-9,12-13,26H,10-11H2,1H3. The van der Waals surface area contributed by atoms with Gasteiger partial charge in [-0.3, -0.25) is 5.41 Å². The van der Waals surface area contributed by atoms with Crippen molar-refractivity contribution >= 4 is 55.5 Å². The van der Waals surface area contributed by atoms with E-state index < -0.39 is 0 Å². The van der Waals surface area contributed by atoms with E-state index >= 15 is 0 Å². The van der Waals surface area contributed by atoms with E-state index in [0.717, 1.165) is 30.3 Å². The Morgan fingerprint density at radius 3 is 2.73 bits per heavy atom. The van der Waals surface area contributed by atoms with Gasteiger partial charge in [-0.15, -0.1) is 0 Å². The van der Waals surface area contributed by atoms with Crippen LogP contribution < -0.4 is 5.49 Å². The van der Waals surface area contributed by atoms with E-state index in [0.29, 0.717) is 23.2 Å². The molecule has 5 nitrogen and oxygen atoms in total. The lowest BCUT2D eigenvalue weighted by Gasteiger charge is -2.09. The SMILES string of the molecule is Cc1c(Br)cccc1-c1cc2c(=N)n(CCOC(=O)c3ccccc3)cc(I)c2o1. The number of carbonyl (C=O) groups excluding carboxylic acids is 1. The Balaban J connectivity index is 1.60. The van der Waals surface area contributed by atoms with Gasteiger partial charge >= 0.3 is 5.97 Å². The largest absolute Gasteiger partial charge is 0.460 e. The first-order valence-electron chi connectivity index (χ1n) is 9.30. The van der Waals surface area contributed by atoms with Gasteiger partial charge in [0.25, 0.3) is 0 Å². The van der Waals surface area contributed by atoms with Gasteiger partial charge in [0.2, 0.25) is 0 Å². The number of benzene rings is 2. The minimum Gasteiger partial charge on any atom is -0.460 e. The summed E-state index contributed by atoms with van der Waals surface area (Å²) in [6.07, 6.45) is 1.85. The Labute approximate surface area is 195 Å². The fourth-order valence-electron chi connectivity index (χ4n) is 3.24. The number of pyridine rings is 1. The third-order valence-corrected chi connectivity index (χ3v) is 6.50. The molecular weight excluding hydrogens is 559 g/mol. The topological polar surface area (TPSA) is 68.2 Å². The molecule has 2 heterocycles. The number of furan rings is 1. The monoisotopic (exact) mass is 576 g/mol. The van der Waals surface area contributed by atoms with Gasteiger partial charge in [0.1, 0.15) is 17.9 Å². The second-order valence-corrected chi connectivity index (χ2v) is 8.80. The van der Waals surface area contributed by atoms with Gasteiger partial charge < -0.3 is 13.7 Å². The number of ether oxygens (including phenoxy) is 1. The summed E-state index contributed by atoms with van der Waals surface area (Å²) in [5.41, 5.74) is 3.59. The summed E-state index contributed by atoms with van der Waals surface area (Å²) in [5, 5.41) is 9.34. The van der Waals surface area contributed by atoms with Gasteiger partial charge in [-0.05, 0) is 59.3 Å². The molecule has 0 saturated heterocycles. The molecule has 0 radical (unpaired) electrons. The zero-order valence-electron chi connectivity index (χ0n) is 16.1. The molecule has 0 saturated carbocycles. The lowest BCUT2D eigenvalue weighted by molar-refractivity contribution is 0.0490. The third kappa shape index (κ3) is 4.09. The molecule has 2 aromatic heterocycles. The second-order valence-electron chi connectivity index (χ2n) is 6.79. The molecule has 0 bridgehead atoms. The van der Waals surface area contributed by atoms with Crippen LogP contribution in [0.15, 0.2) is 69.7 Å². The molecule has 0 aliphatic rings. The van der Waals surface area contributed by atoms with E-state index in [-0.39, 0.29) is 12.6 Å². The molecule has 0 aliphatic carbocycles. The van der Waals surface area contributed by atoms with E-state index in [1.54, 1.807) is 28.8 Å². The first kappa shape index (κ1) is 20.9. The van der Waals surface area contributed by atoms with Crippen LogP contribution in [0.3, 0.4) is 0 Å². The molecule has 30 heavy (non-hydrogen) atoms. The van der Waals surface area contributed by atoms with Crippen LogP contribution in [0.4, 0.5) is 0 Å². The fourth-order valence-corrected chi connectivity index (χ4v) is 4.34. The van der Waals surface area contributed by atoms with E-state index in [9.17, 15) is 4.79 Å². The maximum atomic E-state index is 12.1. The Hall–Kier alpha value is -2.39. The number of carbonyl (C=O) groups is 1. The van der Waals surface area contributed by atoms with Crippen LogP contribution in [-0.2, 0) is 11.3 Å². The number of esters is 1.